The van der Waals surface area contributed by atoms with Gasteiger partial charge in [-0.25, -0.2) is 4.98 Å². The maximum absolute atomic E-state index is 5.36. The summed E-state index contributed by atoms with van der Waals surface area (Å²) in [5.41, 5.74) is 1.12. The van der Waals surface area contributed by atoms with E-state index in [1.165, 1.54) is 0 Å². The smallest absolute Gasteiger partial charge is 0.224 e. The first-order chi connectivity index (χ1) is 9.24. The fourth-order valence-corrected chi connectivity index (χ4v) is 1.85. The molecule has 1 heterocycles. The van der Waals surface area contributed by atoms with Crippen LogP contribution in [0, 0.1) is 0 Å². The van der Waals surface area contributed by atoms with Gasteiger partial charge in [0.25, 0.3) is 0 Å². The zero-order valence-electron chi connectivity index (χ0n) is 11.4. The summed E-state index contributed by atoms with van der Waals surface area (Å²) in [4.78, 5) is 10.6. The number of nitrogens with zero attached hydrogens (tertiary/aromatic N) is 3. The molecule has 0 unspecified atom stereocenters. The van der Waals surface area contributed by atoms with Gasteiger partial charge in [-0.15, -0.1) is 0 Å². The Morgan fingerprint density at radius 3 is 2.79 bits per heavy atom. The third kappa shape index (κ3) is 3.13. The van der Waals surface area contributed by atoms with Gasteiger partial charge in [0.05, 0.1) is 7.11 Å². The molecule has 100 valence electrons. The molecule has 2 aromatic rings. The molecular weight excluding hydrogens is 240 g/mol. The summed E-state index contributed by atoms with van der Waals surface area (Å²) in [7, 11) is 5.48. The predicted molar refractivity (Wildman–Crippen MR) is 76.7 cm³/mol. The normalized spacial score (nSPS) is 10.1. The number of para-hydroxylation sites is 1. The average molecular weight is 258 g/mol. The Hall–Kier alpha value is -2.30. The van der Waals surface area contributed by atoms with Gasteiger partial charge in [-0.2, -0.15) is 4.98 Å². The summed E-state index contributed by atoms with van der Waals surface area (Å²) < 4.78 is 5.36. The molecule has 19 heavy (non-hydrogen) atoms. The molecule has 0 aliphatic heterocycles. The van der Waals surface area contributed by atoms with Gasteiger partial charge in [0.1, 0.15) is 11.6 Å². The molecule has 0 saturated carbocycles. The Balaban J connectivity index is 2.18. The van der Waals surface area contributed by atoms with Crippen molar-refractivity contribution in [2.75, 3.05) is 31.4 Å². The molecule has 2 rings (SSSR count). The van der Waals surface area contributed by atoms with Crippen molar-refractivity contribution in [2.45, 2.75) is 6.54 Å². The summed E-state index contributed by atoms with van der Waals surface area (Å²) in [6.07, 6.45) is 1.74. The summed E-state index contributed by atoms with van der Waals surface area (Å²) in [5.74, 6) is 2.37. The maximum atomic E-state index is 5.36. The highest BCUT2D eigenvalue weighted by atomic mass is 16.5. The lowest BCUT2D eigenvalue weighted by atomic mass is 10.2. The number of benzene rings is 1. The average Bonchev–Trinajstić information content (AvgIpc) is 2.47. The van der Waals surface area contributed by atoms with Gasteiger partial charge in [-0.1, -0.05) is 18.2 Å². The monoisotopic (exact) mass is 258 g/mol. The number of ether oxygens (including phenoxy) is 1. The quantitative estimate of drug-likeness (QED) is 0.890. The SMILES string of the molecule is CNc1nccc(N(C)Cc2ccccc2OC)n1. The fourth-order valence-electron chi connectivity index (χ4n) is 1.85. The number of anilines is 2. The van der Waals surface area contributed by atoms with Crippen LogP contribution in [0.4, 0.5) is 11.8 Å². The second kappa shape index (κ2) is 6.04. The van der Waals surface area contributed by atoms with Crippen LogP contribution in [0.5, 0.6) is 5.75 Å². The lowest BCUT2D eigenvalue weighted by molar-refractivity contribution is 0.409. The third-order valence-electron chi connectivity index (χ3n) is 2.86. The molecule has 0 saturated heterocycles. The molecule has 5 heteroatoms. The van der Waals surface area contributed by atoms with Gasteiger partial charge >= 0.3 is 0 Å². The first-order valence-corrected chi connectivity index (χ1v) is 6.08. The largest absolute Gasteiger partial charge is 0.496 e. The fraction of sp³-hybridized carbons (Fsp3) is 0.286. The highest BCUT2D eigenvalue weighted by molar-refractivity contribution is 5.44. The van der Waals surface area contributed by atoms with Crippen LogP contribution < -0.4 is 15.0 Å². The molecule has 0 bridgehead atoms. The van der Waals surface area contributed by atoms with E-state index >= 15 is 0 Å². The number of nitrogens with one attached hydrogen (secondary N) is 1. The molecule has 0 radical (unpaired) electrons. The Morgan fingerprint density at radius 1 is 1.26 bits per heavy atom. The minimum absolute atomic E-state index is 0.615. The maximum Gasteiger partial charge on any atom is 0.224 e. The molecule has 0 atom stereocenters. The zero-order chi connectivity index (χ0) is 13.7. The number of methoxy groups -OCH3 is 1. The molecule has 0 aliphatic rings. The van der Waals surface area contributed by atoms with E-state index in [1.54, 1.807) is 20.4 Å². The topological polar surface area (TPSA) is 50.3 Å². The number of hydrogen-bond acceptors (Lipinski definition) is 5. The van der Waals surface area contributed by atoms with Crippen LogP contribution in [0.25, 0.3) is 0 Å². The molecule has 1 N–H and O–H groups in total. The molecule has 0 fully saturated rings. The molecular formula is C14H18N4O. The van der Waals surface area contributed by atoms with E-state index in [0.717, 1.165) is 23.7 Å². The van der Waals surface area contributed by atoms with E-state index in [0.29, 0.717) is 5.95 Å². The van der Waals surface area contributed by atoms with E-state index < -0.39 is 0 Å². The van der Waals surface area contributed by atoms with Crippen LogP contribution in [-0.2, 0) is 6.54 Å². The Labute approximate surface area is 113 Å². The van der Waals surface area contributed by atoms with E-state index in [9.17, 15) is 0 Å². The lowest BCUT2D eigenvalue weighted by Gasteiger charge is -2.19. The molecule has 0 spiro atoms. The van der Waals surface area contributed by atoms with Crippen molar-refractivity contribution < 1.29 is 4.74 Å². The van der Waals surface area contributed by atoms with Gasteiger partial charge in [-0.05, 0) is 12.1 Å². The molecule has 0 amide bonds. The van der Waals surface area contributed by atoms with Crippen LogP contribution in [0.2, 0.25) is 0 Å². The number of hydrogen-bond donors (Lipinski definition) is 1. The van der Waals surface area contributed by atoms with Crippen molar-refractivity contribution in [1.82, 2.24) is 9.97 Å². The van der Waals surface area contributed by atoms with E-state index in [1.807, 2.05) is 31.3 Å². The van der Waals surface area contributed by atoms with Crippen LogP contribution in [0.15, 0.2) is 36.5 Å². The van der Waals surface area contributed by atoms with Crippen molar-refractivity contribution >= 4 is 11.8 Å². The van der Waals surface area contributed by atoms with Crippen LogP contribution in [0.1, 0.15) is 5.56 Å². The van der Waals surface area contributed by atoms with E-state index in [4.69, 9.17) is 4.74 Å². The third-order valence-corrected chi connectivity index (χ3v) is 2.86. The Bertz CT molecular complexity index is 544. The Kier molecular flexibility index (Phi) is 4.18. The summed E-state index contributed by atoms with van der Waals surface area (Å²) in [6, 6.07) is 9.87. The number of aromatic nitrogens is 2. The Morgan fingerprint density at radius 2 is 2.05 bits per heavy atom. The molecule has 5 nitrogen and oxygen atoms in total. The first-order valence-electron chi connectivity index (χ1n) is 6.08. The zero-order valence-corrected chi connectivity index (χ0v) is 11.4. The van der Waals surface area contributed by atoms with Crippen molar-refractivity contribution in [3.63, 3.8) is 0 Å². The lowest BCUT2D eigenvalue weighted by Crippen LogP contribution is -2.18. The minimum atomic E-state index is 0.615. The molecule has 0 aliphatic carbocycles. The van der Waals surface area contributed by atoms with E-state index in [2.05, 4.69) is 26.3 Å². The van der Waals surface area contributed by atoms with Crippen molar-refractivity contribution in [3.05, 3.63) is 42.1 Å². The first kappa shape index (κ1) is 13.1. The van der Waals surface area contributed by atoms with Crippen molar-refractivity contribution in [1.29, 1.82) is 0 Å². The van der Waals surface area contributed by atoms with Crippen molar-refractivity contribution in [2.24, 2.45) is 0 Å². The summed E-state index contributed by atoms with van der Waals surface area (Å²) >= 11 is 0. The van der Waals surface area contributed by atoms with Gasteiger partial charge in [0.15, 0.2) is 0 Å². The number of rotatable bonds is 5. The summed E-state index contributed by atoms with van der Waals surface area (Å²) in [6.45, 7) is 0.726. The highest BCUT2D eigenvalue weighted by Gasteiger charge is 2.08. The second-order valence-corrected chi connectivity index (χ2v) is 4.16. The van der Waals surface area contributed by atoms with Crippen LogP contribution in [0.3, 0.4) is 0 Å². The predicted octanol–water partition coefficient (Wildman–Crippen LogP) is 2.16. The standard InChI is InChI=1S/C14H18N4O/c1-15-14-16-9-8-13(17-14)18(2)10-11-6-4-5-7-12(11)19-3/h4-9H,10H2,1-3H3,(H,15,16,17). The van der Waals surface area contributed by atoms with Gasteiger partial charge in [0, 0.05) is 32.4 Å². The van der Waals surface area contributed by atoms with Crippen molar-refractivity contribution in [3.8, 4) is 5.75 Å². The minimum Gasteiger partial charge on any atom is -0.496 e. The molecule has 1 aromatic carbocycles. The molecule has 1 aromatic heterocycles. The second-order valence-electron chi connectivity index (χ2n) is 4.16. The van der Waals surface area contributed by atoms with Crippen LogP contribution >= 0.6 is 0 Å². The summed E-state index contributed by atoms with van der Waals surface area (Å²) in [5, 5.41) is 2.94. The van der Waals surface area contributed by atoms with Crippen LogP contribution in [-0.4, -0.2) is 31.2 Å². The highest BCUT2D eigenvalue weighted by Crippen LogP contribution is 2.21. The van der Waals surface area contributed by atoms with Gasteiger partial charge in [-0.3, -0.25) is 0 Å². The van der Waals surface area contributed by atoms with Gasteiger partial charge < -0.3 is 15.0 Å². The van der Waals surface area contributed by atoms with E-state index in [-0.39, 0.29) is 0 Å². The van der Waals surface area contributed by atoms with Gasteiger partial charge in [0.2, 0.25) is 5.95 Å².